The van der Waals surface area contributed by atoms with Crippen molar-refractivity contribution in [3.05, 3.63) is 53.3 Å². The normalized spacial score (nSPS) is 11.4. The smallest absolute Gasteiger partial charge is 0.242 e. The Balaban J connectivity index is 2.21. The summed E-state index contributed by atoms with van der Waals surface area (Å²) >= 11 is 5.88. The monoisotopic (exact) mass is 297 g/mol. The largest absolute Gasteiger partial charge is 0.399 e. The molecule has 0 aliphatic heterocycles. The van der Waals surface area contributed by atoms with Crippen molar-refractivity contribution in [1.82, 2.24) is 9.71 Å². The van der Waals surface area contributed by atoms with Crippen LogP contribution in [-0.2, 0) is 16.6 Å². The Morgan fingerprint density at radius 1 is 1.32 bits per heavy atom. The lowest BCUT2D eigenvalue weighted by molar-refractivity contribution is 0.581. The van der Waals surface area contributed by atoms with Gasteiger partial charge in [0.1, 0.15) is 4.90 Å². The summed E-state index contributed by atoms with van der Waals surface area (Å²) in [5.41, 5.74) is 6.67. The summed E-state index contributed by atoms with van der Waals surface area (Å²) in [5.74, 6) is 0. The molecule has 0 bridgehead atoms. The molecule has 7 heteroatoms. The van der Waals surface area contributed by atoms with Crippen LogP contribution in [0.5, 0.6) is 0 Å². The predicted octanol–water partition coefficient (Wildman–Crippen LogP) is 1.80. The van der Waals surface area contributed by atoms with E-state index in [1.165, 1.54) is 12.1 Å². The summed E-state index contributed by atoms with van der Waals surface area (Å²) < 4.78 is 26.7. The molecule has 0 atom stereocenters. The average Bonchev–Trinajstić information content (AvgIpc) is 2.40. The van der Waals surface area contributed by atoms with Crippen LogP contribution < -0.4 is 10.5 Å². The maximum absolute atomic E-state index is 12.1. The maximum Gasteiger partial charge on any atom is 0.242 e. The molecule has 1 aromatic carbocycles. The molecule has 0 spiro atoms. The zero-order valence-electron chi connectivity index (χ0n) is 9.88. The third-order valence-corrected chi connectivity index (χ3v) is 4.32. The summed E-state index contributed by atoms with van der Waals surface area (Å²) in [5, 5.41) is 0.132. The maximum atomic E-state index is 12.1. The van der Waals surface area contributed by atoms with E-state index < -0.39 is 10.0 Å². The van der Waals surface area contributed by atoms with Crippen molar-refractivity contribution in [2.45, 2.75) is 11.4 Å². The van der Waals surface area contributed by atoms with Crippen LogP contribution >= 0.6 is 11.6 Å². The quantitative estimate of drug-likeness (QED) is 0.843. The van der Waals surface area contributed by atoms with E-state index in [2.05, 4.69) is 9.71 Å². The van der Waals surface area contributed by atoms with Crippen molar-refractivity contribution in [3.63, 3.8) is 0 Å². The van der Waals surface area contributed by atoms with Crippen molar-refractivity contribution >= 4 is 27.3 Å². The van der Waals surface area contributed by atoms with Crippen LogP contribution in [-0.4, -0.2) is 13.4 Å². The number of benzene rings is 1. The fraction of sp³-hybridized carbons (Fsp3) is 0.0833. The van der Waals surface area contributed by atoms with Gasteiger partial charge in [-0.3, -0.25) is 4.98 Å². The number of pyridine rings is 1. The van der Waals surface area contributed by atoms with Gasteiger partial charge in [0.15, 0.2) is 0 Å². The highest BCUT2D eigenvalue weighted by molar-refractivity contribution is 7.89. The van der Waals surface area contributed by atoms with E-state index in [1.54, 1.807) is 30.6 Å². The SMILES string of the molecule is Nc1ccc(Cl)c(S(=O)(=O)NCc2cccnc2)c1. The molecule has 1 heterocycles. The van der Waals surface area contributed by atoms with Crippen molar-refractivity contribution < 1.29 is 8.42 Å². The first kappa shape index (κ1) is 13.8. The van der Waals surface area contributed by atoms with Crippen LogP contribution in [0.4, 0.5) is 5.69 Å². The second-order valence-corrected chi connectivity index (χ2v) is 6.02. The van der Waals surface area contributed by atoms with Crippen molar-refractivity contribution in [2.75, 3.05) is 5.73 Å². The van der Waals surface area contributed by atoms with Gasteiger partial charge < -0.3 is 5.73 Å². The number of nitrogen functional groups attached to an aromatic ring is 1. The minimum absolute atomic E-state index is 0.0296. The van der Waals surface area contributed by atoms with Crippen LogP contribution in [0.2, 0.25) is 5.02 Å². The minimum Gasteiger partial charge on any atom is -0.399 e. The van der Waals surface area contributed by atoms with Gasteiger partial charge in [-0.2, -0.15) is 0 Å². The molecule has 0 radical (unpaired) electrons. The Labute approximate surface area is 116 Å². The second-order valence-electron chi connectivity index (χ2n) is 3.88. The molecule has 3 N–H and O–H groups in total. The lowest BCUT2D eigenvalue weighted by Gasteiger charge is -2.09. The van der Waals surface area contributed by atoms with Crippen molar-refractivity contribution in [1.29, 1.82) is 0 Å². The highest BCUT2D eigenvalue weighted by atomic mass is 35.5. The molecule has 2 aromatic rings. The first-order valence-electron chi connectivity index (χ1n) is 5.42. The minimum atomic E-state index is -3.70. The van der Waals surface area contributed by atoms with Gasteiger partial charge in [0.2, 0.25) is 10.0 Å². The van der Waals surface area contributed by atoms with Crippen LogP contribution in [0.15, 0.2) is 47.6 Å². The summed E-state index contributed by atoms with van der Waals surface area (Å²) in [6.45, 7) is 0.140. The second kappa shape index (κ2) is 5.56. The Hall–Kier alpha value is -1.63. The lowest BCUT2D eigenvalue weighted by Crippen LogP contribution is -2.23. The molecule has 5 nitrogen and oxygen atoms in total. The number of rotatable bonds is 4. The summed E-state index contributed by atoms with van der Waals surface area (Å²) in [6.07, 6.45) is 3.20. The first-order chi connectivity index (χ1) is 8.99. The molecule has 19 heavy (non-hydrogen) atoms. The van der Waals surface area contributed by atoms with Gasteiger partial charge in [-0.25, -0.2) is 13.1 Å². The highest BCUT2D eigenvalue weighted by Gasteiger charge is 2.17. The van der Waals surface area contributed by atoms with Gasteiger partial charge in [-0.05, 0) is 29.8 Å². The molecular weight excluding hydrogens is 286 g/mol. The molecule has 0 saturated carbocycles. The third kappa shape index (κ3) is 3.44. The molecule has 100 valence electrons. The van der Waals surface area contributed by atoms with E-state index in [0.29, 0.717) is 5.69 Å². The van der Waals surface area contributed by atoms with E-state index in [1.807, 2.05) is 0 Å². The van der Waals surface area contributed by atoms with Crippen molar-refractivity contribution in [3.8, 4) is 0 Å². The van der Waals surface area contributed by atoms with E-state index >= 15 is 0 Å². The molecule has 0 unspecified atom stereocenters. The Bertz CT molecular complexity index is 675. The van der Waals surface area contributed by atoms with E-state index in [-0.39, 0.29) is 16.5 Å². The summed E-state index contributed by atoms with van der Waals surface area (Å²) in [4.78, 5) is 3.88. The molecule has 0 aliphatic carbocycles. The summed E-state index contributed by atoms with van der Waals surface area (Å²) in [6, 6.07) is 7.83. The van der Waals surface area contributed by atoms with Gasteiger partial charge in [-0.15, -0.1) is 0 Å². The number of anilines is 1. The molecule has 0 aliphatic rings. The Kier molecular flexibility index (Phi) is 4.04. The number of aromatic nitrogens is 1. The van der Waals surface area contributed by atoms with E-state index in [0.717, 1.165) is 5.56 Å². The van der Waals surface area contributed by atoms with E-state index in [4.69, 9.17) is 17.3 Å². The van der Waals surface area contributed by atoms with Gasteiger partial charge in [0, 0.05) is 24.6 Å². The first-order valence-corrected chi connectivity index (χ1v) is 7.29. The average molecular weight is 298 g/mol. The fourth-order valence-electron chi connectivity index (χ4n) is 1.48. The molecule has 0 fully saturated rings. The highest BCUT2D eigenvalue weighted by Crippen LogP contribution is 2.23. The van der Waals surface area contributed by atoms with Crippen LogP contribution in [0.3, 0.4) is 0 Å². The number of hydrogen-bond donors (Lipinski definition) is 2. The zero-order valence-corrected chi connectivity index (χ0v) is 11.4. The molecular formula is C12H12ClN3O2S. The van der Waals surface area contributed by atoms with E-state index in [9.17, 15) is 8.42 Å². The van der Waals surface area contributed by atoms with Crippen molar-refractivity contribution in [2.24, 2.45) is 0 Å². The van der Waals surface area contributed by atoms with Gasteiger partial charge in [0.05, 0.1) is 5.02 Å². The van der Waals surface area contributed by atoms with Crippen LogP contribution in [0, 0.1) is 0 Å². The molecule has 1 aromatic heterocycles. The third-order valence-electron chi connectivity index (χ3n) is 2.43. The van der Waals surface area contributed by atoms with Gasteiger partial charge in [0.25, 0.3) is 0 Å². The lowest BCUT2D eigenvalue weighted by atomic mass is 10.3. The zero-order chi connectivity index (χ0) is 13.9. The van der Waals surface area contributed by atoms with Gasteiger partial charge >= 0.3 is 0 Å². The summed E-state index contributed by atoms with van der Waals surface area (Å²) in [7, 11) is -3.70. The number of nitrogens with one attached hydrogen (secondary N) is 1. The van der Waals surface area contributed by atoms with Gasteiger partial charge in [-0.1, -0.05) is 17.7 Å². The standard InChI is InChI=1S/C12H12ClN3O2S/c13-11-4-3-10(14)6-12(11)19(17,18)16-8-9-2-1-5-15-7-9/h1-7,16H,8,14H2. The molecule has 0 saturated heterocycles. The topological polar surface area (TPSA) is 85.1 Å². The number of nitrogens with two attached hydrogens (primary N) is 1. The fourth-order valence-corrected chi connectivity index (χ4v) is 3.04. The van der Waals surface area contributed by atoms with Crippen LogP contribution in [0.1, 0.15) is 5.56 Å². The molecule has 0 amide bonds. The molecule has 2 rings (SSSR count). The number of nitrogens with zero attached hydrogens (tertiary/aromatic N) is 1. The number of hydrogen-bond acceptors (Lipinski definition) is 4. The Morgan fingerprint density at radius 3 is 2.79 bits per heavy atom. The predicted molar refractivity (Wildman–Crippen MR) is 74.1 cm³/mol. The Morgan fingerprint density at radius 2 is 2.11 bits per heavy atom. The van der Waals surface area contributed by atoms with Crippen LogP contribution in [0.25, 0.3) is 0 Å². The number of sulfonamides is 1. The number of halogens is 1.